The van der Waals surface area contributed by atoms with Crippen LogP contribution in [-0.2, 0) is 22.4 Å². The molecule has 0 aliphatic heterocycles. The van der Waals surface area contributed by atoms with Crippen LogP contribution in [0.15, 0.2) is 24.4 Å². The van der Waals surface area contributed by atoms with E-state index < -0.39 is 11.4 Å². The number of nitrogens with one attached hydrogen (secondary N) is 2. The SMILES string of the molecule is CCc1cccc2c(CC(=O)NCCC(C)(C)C(=O)O)c[nH]c12. The third-order valence-electron chi connectivity index (χ3n) is 4.27. The molecule has 0 bridgehead atoms. The molecule has 0 unspecified atom stereocenters. The zero-order chi connectivity index (χ0) is 17.0. The molecular formula is C18H24N2O3. The van der Waals surface area contributed by atoms with Crippen molar-refractivity contribution in [3.05, 3.63) is 35.5 Å². The third-order valence-corrected chi connectivity index (χ3v) is 4.27. The first-order valence-electron chi connectivity index (χ1n) is 7.93. The highest BCUT2D eigenvalue weighted by Gasteiger charge is 2.26. The molecule has 2 aromatic rings. The van der Waals surface area contributed by atoms with E-state index >= 15 is 0 Å². The second-order valence-corrected chi connectivity index (χ2v) is 6.47. The Morgan fingerprint density at radius 3 is 2.65 bits per heavy atom. The van der Waals surface area contributed by atoms with E-state index in [-0.39, 0.29) is 5.91 Å². The van der Waals surface area contributed by atoms with Crippen LogP contribution < -0.4 is 5.32 Å². The summed E-state index contributed by atoms with van der Waals surface area (Å²) in [4.78, 5) is 26.4. The molecule has 1 aromatic heterocycles. The number of hydrogen-bond donors (Lipinski definition) is 3. The van der Waals surface area contributed by atoms with Crippen LogP contribution in [0.5, 0.6) is 0 Å². The number of benzene rings is 1. The molecule has 2 rings (SSSR count). The number of aryl methyl sites for hydroxylation is 1. The molecule has 0 spiro atoms. The van der Waals surface area contributed by atoms with Gasteiger partial charge in [-0.1, -0.05) is 25.1 Å². The average molecular weight is 316 g/mol. The number of hydrogen-bond acceptors (Lipinski definition) is 2. The first kappa shape index (κ1) is 17.1. The van der Waals surface area contributed by atoms with Gasteiger partial charge in [-0.2, -0.15) is 0 Å². The Kier molecular flexibility index (Phi) is 5.08. The van der Waals surface area contributed by atoms with Gasteiger partial charge in [-0.3, -0.25) is 9.59 Å². The van der Waals surface area contributed by atoms with Crippen molar-refractivity contribution in [1.82, 2.24) is 10.3 Å². The van der Waals surface area contributed by atoms with E-state index in [0.29, 0.717) is 19.4 Å². The molecule has 124 valence electrons. The Morgan fingerprint density at radius 2 is 2.00 bits per heavy atom. The summed E-state index contributed by atoms with van der Waals surface area (Å²) >= 11 is 0. The van der Waals surface area contributed by atoms with Crippen LogP contribution in [0.3, 0.4) is 0 Å². The standard InChI is InChI=1S/C18H24N2O3/c1-4-12-6-5-7-14-13(11-20-16(12)14)10-15(21)19-9-8-18(2,3)17(22)23/h5-7,11,20H,4,8-10H2,1-3H3,(H,19,21)(H,22,23). The summed E-state index contributed by atoms with van der Waals surface area (Å²) in [7, 11) is 0. The van der Waals surface area contributed by atoms with E-state index in [1.54, 1.807) is 13.8 Å². The maximum absolute atomic E-state index is 12.1. The molecule has 23 heavy (non-hydrogen) atoms. The lowest BCUT2D eigenvalue weighted by Gasteiger charge is -2.18. The number of carbonyl (C=O) groups is 2. The van der Waals surface area contributed by atoms with E-state index in [9.17, 15) is 9.59 Å². The van der Waals surface area contributed by atoms with Crippen LogP contribution in [0.1, 0.15) is 38.3 Å². The molecule has 0 fully saturated rings. The van der Waals surface area contributed by atoms with Gasteiger partial charge < -0.3 is 15.4 Å². The third kappa shape index (κ3) is 3.92. The lowest BCUT2D eigenvalue weighted by Crippen LogP contribution is -2.32. The van der Waals surface area contributed by atoms with Gasteiger partial charge in [0.25, 0.3) is 0 Å². The Labute approximate surface area is 136 Å². The number of H-pyrrole nitrogens is 1. The summed E-state index contributed by atoms with van der Waals surface area (Å²) in [5, 5.41) is 12.9. The zero-order valence-corrected chi connectivity index (χ0v) is 13.9. The van der Waals surface area contributed by atoms with Crippen molar-refractivity contribution < 1.29 is 14.7 Å². The smallest absolute Gasteiger partial charge is 0.309 e. The fourth-order valence-electron chi connectivity index (χ4n) is 2.57. The molecule has 1 aromatic carbocycles. The van der Waals surface area contributed by atoms with E-state index in [0.717, 1.165) is 22.9 Å². The number of para-hydroxylation sites is 1. The quantitative estimate of drug-likeness (QED) is 0.734. The van der Waals surface area contributed by atoms with Gasteiger partial charge in [0.2, 0.25) is 5.91 Å². The van der Waals surface area contributed by atoms with E-state index in [2.05, 4.69) is 23.3 Å². The number of carbonyl (C=O) groups excluding carboxylic acids is 1. The minimum absolute atomic E-state index is 0.0889. The van der Waals surface area contributed by atoms with Gasteiger partial charge in [0.15, 0.2) is 0 Å². The molecule has 0 radical (unpaired) electrons. The molecule has 1 heterocycles. The van der Waals surface area contributed by atoms with Gasteiger partial charge in [-0.25, -0.2) is 0 Å². The normalized spacial score (nSPS) is 11.6. The van der Waals surface area contributed by atoms with Crippen molar-refractivity contribution in [2.45, 2.75) is 40.0 Å². The number of fused-ring (bicyclic) bond motifs is 1. The number of amides is 1. The monoisotopic (exact) mass is 316 g/mol. The molecule has 1 amide bonds. The highest BCUT2D eigenvalue weighted by Crippen LogP contribution is 2.23. The van der Waals surface area contributed by atoms with Crippen molar-refractivity contribution in [2.75, 3.05) is 6.54 Å². The number of carboxylic acid groups (broad SMARTS) is 1. The lowest BCUT2D eigenvalue weighted by atomic mass is 9.90. The largest absolute Gasteiger partial charge is 0.481 e. The van der Waals surface area contributed by atoms with Crippen LogP contribution >= 0.6 is 0 Å². The van der Waals surface area contributed by atoms with Crippen LogP contribution in [0.2, 0.25) is 0 Å². The van der Waals surface area contributed by atoms with Gasteiger partial charge in [-0.05, 0) is 37.8 Å². The maximum atomic E-state index is 12.1. The number of aliphatic carboxylic acids is 1. The van der Waals surface area contributed by atoms with Gasteiger partial charge >= 0.3 is 5.97 Å². The first-order chi connectivity index (χ1) is 10.8. The van der Waals surface area contributed by atoms with E-state index in [4.69, 9.17) is 5.11 Å². The number of carboxylic acids is 1. The van der Waals surface area contributed by atoms with Crippen LogP contribution in [0, 0.1) is 5.41 Å². The van der Waals surface area contributed by atoms with Crippen molar-refractivity contribution in [1.29, 1.82) is 0 Å². The minimum atomic E-state index is -0.851. The lowest BCUT2D eigenvalue weighted by molar-refractivity contribution is -0.147. The van der Waals surface area contributed by atoms with Crippen molar-refractivity contribution >= 4 is 22.8 Å². The predicted octanol–water partition coefficient (Wildman–Crippen LogP) is 2.89. The molecule has 0 aliphatic rings. The zero-order valence-electron chi connectivity index (χ0n) is 13.9. The molecule has 0 atom stereocenters. The Bertz CT molecular complexity index is 716. The van der Waals surface area contributed by atoms with E-state index in [1.807, 2.05) is 18.3 Å². The van der Waals surface area contributed by atoms with Gasteiger partial charge in [0.1, 0.15) is 0 Å². The second-order valence-electron chi connectivity index (χ2n) is 6.47. The van der Waals surface area contributed by atoms with Gasteiger partial charge in [-0.15, -0.1) is 0 Å². The molecule has 5 nitrogen and oxygen atoms in total. The molecule has 3 N–H and O–H groups in total. The Balaban J connectivity index is 1.97. The Hall–Kier alpha value is -2.30. The highest BCUT2D eigenvalue weighted by atomic mass is 16.4. The summed E-state index contributed by atoms with van der Waals surface area (Å²) in [6, 6.07) is 6.10. The molecular weight excluding hydrogens is 292 g/mol. The summed E-state index contributed by atoms with van der Waals surface area (Å²) in [6.45, 7) is 5.79. The van der Waals surface area contributed by atoms with Crippen molar-refractivity contribution in [3.8, 4) is 0 Å². The van der Waals surface area contributed by atoms with Crippen LogP contribution in [0.4, 0.5) is 0 Å². The average Bonchev–Trinajstić information content (AvgIpc) is 2.90. The van der Waals surface area contributed by atoms with Crippen molar-refractivity contribution in [2.24, 2.45) is 5.41 Å². The van der Waals surface area contributed by atoms with Crippen LogP contribution in [-0.4, -0.2) is 28.5 Å². The molecule has 5 heteroatoms. The van der Waals surface area contributed by atoms with E-state index in [1.165, 1.54) is 5.56 Å². The molecule has 0 aliphatic carbocycles. The fraction of sp³-hybridized carbons (Fsp3) is 0.444. The highest BCUT2D eigenvalue weighted by molar-refractivity contribution is 5.90. The second kappa shape index (κ2) is 6.86. The van der Waals surface area contributed by atoms with Crippen LogP contribution in [0.25, 0.3) is 10.9 Å². The predicted molar refractivity (Wildman–Crippen MR) is 90.4 cm³/mol. The topological polar surface area (TPSA) is 82.2 Å². The summed E-state index contributed by atoms with van der Waals surface area (Å²) in [5.74, 6) is -0.940. The van der Waals surface area contributed by atoms with Gasteiger partial charge in [0, 0.05) is 23.6 Å². The summed E-state index contributed by atoms with van der Waals surface area (Å²) in [6.07, 6.45) is 3.51. The van der Waals surface area contributed by atoms with Crippen molar-refractivity contribution in [3.63, 3.8) is 0 Å². The summed E-state index contributed by atoms with van der Waals surface area (Å²) < 4.78 is 0. The molecule has 0 saturated heterocycles. The number of aromatic nitrogens is 1. The minimum Gasteiger partial charge on any atom is -0.481 e. The fourth-order valence-corrected chi connectivity index (χ4v) is 2.57. The number of rotatable bonds is 7. The Morgan fingerprint density at radius 1 is 1.26 bits per heavy atom. The number of aromatic amines is 1. The molecule has 0 saturated carbocycles. The maximum Gasteiger partial charge on any atom is 0.309 e. The summed E-state index contributed by atoms with van der Waals surface area (Å²) in [5.41, 5.74) is 2.46. The first-order valence-corrected chi connectivity index (χ1v) is 7.93. The van der Waals surface area contributed by atoms with Gasteiger partial charge in [0.05, 0.1) is 11.8 Å².